The second-order valence-electron chi connectivity index (χ2n) is 5.40. The highest BCUT2D eigenvalue weighted by molar-refractivity contribution is 9.10. The standard InChI is InChI=1S/C16H21BrN4O/c1-3-16(18,4-2)11-19-15(22)12-9-20-21(10-12)14-7-5-13(17)6-8-14/h5-10H,3-4,11,18H2,1-2H3,(H,19,22). The van der Waals surface area contributed by atoms with Gasteiger partial charge in [0.25, 0.3) is 5.91 Å². The molecule has 118 valence electrons. The zero-order valence-electron chi connectivity index (χ0n) is 12.8. The van der Waals surface area contributed by atoms with E-state index in [1.54, 1.807) is 17.1 Å². The van der Waals surface area contributed by atoms with E-state index in [4.69, 9.17) is 5.73 Å². The number of nitrogens with two attached hydrogens (primary N) is 1. The van der Waals surface area contributed by atoms with Gasteiger partial charge in [-0.1, -0.05) is 29.8 Å². The number of rotatable bonds is 6. The van der Waals surface area contributed by atoms with Crippen molar-refractivity contribution < 1.29 is 4.79 Å². The molecule has 0 atom stereocenters. The van der Waals surface area contributed by atoms with Gasteiger partial charge >= 0.3 is 0 Å². The molecular formula is C16H21BrN4O. The van der Waals surface area contributed by atoms with Crippen molar-refractivity contribution in [2.75, 3.05) is 6.54 Å². The Labute approximate surface area is 139 Å². The topological polar surface area (TPSA) is 72.9 Å². The van der Waals surface area contributed by atoms with Gasteiger partial charge in [0.1, 0.15) is 0 Å². The first-order chi connectivity index (χ1) is 10.5. The van der Waals surface area contributed by atoms with Crippen molar-refractivity contribution in [3.63, 3.8) is 0 Å². The molecule has 5 nitrogen and oxygen atoms in total. The van der Waals surface area contributed by atoms with Crippen molar-refractivity contribution in [1.82, 2.24) is 15.1 Å². The van der Waals surface area contributed by atoms with E-state index in [2.05, 4.69) is 26.3 Å². The van der Waals surface area contributed by atoms with Gasteiger partial charge in [-0.05, 0) is 37.1 Å². The Balaban J connectivity index is 2.05. The average molecular weight is 365 g/mol. The summed E-state index contributed by atoms with van der Waals surface area (Å²) >= 11 is 3.39. The van der Waals surface area contributed by atoms with Gasteiger partial charge in [-0.2, -0.15) is 5.10 Å². The van der Waals surface area contributed by atoms with Crippen molar-refractivity contribution in [3.8, 4) is 5.69 Å². The fourth-order valence-corrected chi connectivity index (χ4v) is 2.30. The van der Waals surface area contributed by atoms with Crippen LogP contribution >= 0.6 is 15.9 Å². The first-order valence-corrected chi connectivity index (χ1v) is 8.14. The summed E-state index contributed by atoms with van der Waals surface area (Å²) in [6.45, 7) is 4.52. The van der Waals surface area contributed by atoms with E-state index in [9.17, 15) is 4.79 Å². The van der Waals surface area contributed by atoms with Gasteiger partial charge in [0.05, 0.1) is 17.4 Å². The van der Waals surface area contributed by atoms with Gasteiger partial charge in [-0.25, -0.2) is 4.68 Å². The summed E-state index contributed by atoms with van der Waals surface area (Å²) in [6, 6.07) is 7.72. The molecule has 1 heterocycles. The summed E-state index contributed by atoms with van der Waals surface area (Å²) in [5.74, 6) is -0.153. The first-order valence-electron chi connectivity index (χ1n) is 7.35. The van der Waals surface area contributed by atoms with E-state index in [0.29, 0.717) is 12.1 Å². The molecule has 0 unspecified atom stereocenters. The number of carbonyl (C=O) groups excluding carboxylic acids is 1. The largest absolute Gasteiger partial charge is 0.350 e. The van der Waals surface area contributed by atoms with Crippen LogP contribution in [0, 0.1) is 0 Å². The zero-order chi connectivity index (χ0) is 16.2. The minimum atomic E-state index is -0.350. The Hall–Kier alpha value is -1.66. The minimum Gasteiger partial charge on any atom is -0.350 e. The highest BCUT2D eigenvalue weighted by atomic mass is 79.9. The van der Waals surface area contributed by atoms with E-state index in [-0.39, 0.29) is 11.4 Å². The Morgan fingerprint density at radius 3 is 2.55 bits per heavy atom. The van der Waals surface area contributed by atoms with Gasteiger partial charge in [-0.3, -0.25) is 4.79 Å². The first kappa shape index (κ1) is 16.7. The molecule has 0 aliphatic rings. The number of amides is 1. The molecule has 0 aliphatic carbocycles. The molecular weight excluding hydrogens is 344 g/mol. The fraction of sp³-hybridized carbons (Fsp3) is 0.375. The molecule has 1 aromatic carbocycles. The number of halogens is 1. The Bertz CT molecular complexity index is 632. The van der Waals surface area contributed by atoms with E-state index in [1.807, 2.05) is 38.1 Å². The molecule has 0 saturated heterocycles. The Kier molecular flexibility index (Phi) is 5.37. The molecule has 22 heavy (non-hydrogen) atoms. The maximum Gasteiger partial charge on any atom is 0.254 e. The Morgan fingerprint density at radius 1 is 1.32 bits per heavy atom. The van der Waals surface area contributed by atoms with Crippen LogP contribution in [0.2, 0.25) is 0 Å². The molecule has 0 bridgehead atoms. The fourth-order valence-electron chi connectivity index (χ4n) is 2.03. The van der Waals surface area contributed by atoms with Crippen LogP contribution in [0.1, 0.15) is 37.0 Å². The van der Waals surface area contributed by atoms with Crippen LogP contribution in [0.4, 0.5) is 0 Å². The van der Waals surface area contributed by atoms with Crippen molar-refractivity contribution in [2.24, 2.45) is 5.73 Å². The monoisotopic (exact) mass is 364 g/mol. The molecule has 2 rings (SSSR count). The van der Waals surface area contributed by atoms with E-state index >= 15 is 0 Å². The predicted molar refractivity (Wildman–Crippen MR) is 91.1 cm³/mol. The number of hydrogen-bond acceptors (Lipinski definition) is 3. The van der Waals surface area contributed by atoms with Gasteiger partial charge in [0.2, 0.25) is 0 Å². The van der Waals surface area contributed by atoms with E-state index in [1.165, 1.54) is 0 Å². The third-order valence-electron chi connectivity index (χ3n) is 3.95. The number of nitrogens with one attached hydrogen (secondary N) is 1. The summed E-state index contributed by atoms with van der Waals surface area (Å²) in [5.41, 5.74) is 7.27. The molecule has 0 radical (unpaired) electrons. The van der Waals surface area contributed by atoms with Crippen molar-refractivity contribution in [2.45, 2.75) is 32.2 Å². The van der Waals surface area contributed by atoms with Crippen LogP contribution in [0.15, 0.2) is 41.1 Å². The second-order valence-corrected chi connectivity index (χ2v) is 6.32. The number of carbonyl (C=O) groups is 1. The highest BCUT2D eigenvalue weighted by Gasteiger charge is 2.21. The molecule has 0 aliphatic heterocycles. The van der Waals surface area contributed by atoms with Gasteiger partial charge in [0, 0.05) is 22.8 Å². The number of benzene rings is 1. The maximum atomic E-state index is 12.2. The lowest BCUT2D eigenvalue weighted by molar-refractivity contribution is 0.0942. The summed E-state index contributed by atoms with van der Waals surface area (Å²) in [5, 5.41) is 7.12. The molecule has 0 saturated carbocycles. The molecule has 1 aromatic heterocycles. The maximum absolute atomic E-state index is 12.2. The number of hydrogen-bond donors (Lipinski definition) is 2. The van der Waals surface area contributed by atoms with Crippen LogP contribution in [0.5, 0.6) is 0 Å². The normalized spacial score (nSPS) is 11.5. The van der Waals surface area contributed by atoms with Gasteiger partial charge in [-0.15, -0.1) is 0 Å². The summed E-state index contributed by atoms with van der Waals surface area (Å²) in [4.78, 5) is 12.2. The molecule has 6 heteroatoms. The van der Waals surface area contributed by atoms with Crippen LogP contribution in [0.25, 0.3) is 5.69 Å². The van der Waals surface area contributed by atoms with Gasteiger partial charge < -0.3 is 11.1 Å². The molecule has 0 fully saturated rings. The molecule has 2 aromatic rings. The highest BCUT2D eigenvalue weighted by Crippen LogP contribution is 2.14. The summed E-state index contributed by atoms with van der Waals surface area (Å²) < 4.78 is 2.68. The Morgan fingerprint density at radius 2 is 1.95 bits per heavy atom. The van der Waals surface area contributed by atoms with Crippen molar-refractivity contribution >= 4 is 21.8 Å². The zero-order valence-corrected chi connectivity index (χ0v) is 14.4. The lowest BCUT2D eigenvalue weighted by Crippen LogP contribution is -2.49. The minimum absolute atomic E-state index is 0.153. The third kappa shape index (κ3) is 3.96. The lowest BCUT2D eigenvalue weighted by atomic mass is 9.94. The van der Waals surface area contributed by atoms with E-state index in [0.717, 1.165) is 23.0 Å². The van der Waals surface area contributed by atoms with Gasteiger partial charge in [0.15, 0.2) is 0 Å². The molecule has 0 spiro atoms. The molecule has 1 amide bonds. The SMILES string of the molecule is CCC(N)(CC)CNC(=O)c1cnn(-c2ccc(Br)cc2)c1. The smallest absolute Gasteiger partial charge is 0.254 e. The molecule has 3 N–H and O–H groups in total. The lowest BCUT2D eigenvalue weighted by Gasteiger charge is -2.26. The van der Waals surface area contributed by atoms with Crippen LogP contribution in [0.3, 0.4) is 0 Å². The summed E-state index contributed by atoms with van der Waals surface area (Å²) in [7, 11) is 0. The second kappa shape index (κ2) is 7.07. The predicted octanol–water partition coefficient (Wildman–Crippen LogP) is 2.88. The summed E-state index contributed by atoms with van der Waals surface area (Å²) in [6.07, 6.45) is 4.92. The van der Waals surface area contributed by atoms with E-state index < -0.39 is 0 Å². The average Bonchev–Trinajstić information content (AvgIpc) is 3.03. The quantitative estimate of drug-likeness (QED) is 0.827. The van der Waals surface area contributed by atoms with Crippen molar-refractivity contribution in [3.05, 3.63) is 46.7 Å². The van der Waals surface area contributed by atoms with Crippen LogP contribution in [-0.4, -0.2) is 27.8 Å². The number of aromatic nitrogens is 2. The van der Waals surface area contributed by atoms with Crippen LogP contribution < -0.4 is 11.1 Å². The van der Waals surface area contributed by atoms with Crippen LogP contribution in [-0.2, 0) is 0 Å². The third-order valence-corrected chi connectivity index (χ3v) is 4.47. The number of nitrogens with zero attached hydrogens (tertiary/aromatic N) is 2. The van der Waals surface area contributed by atoms with Crippen molar-refractivity contribution in [1.29, 1.82) is 0 Å².